The fourth-order valence-corrected chi connectivity index (χ4v) is 7.24. The molecule has 0 unspecified atom stereocenters. The van der Waals surface area contributed by atoms with Crippen LogP contribution in [0.15, 0.2) is 78.9 Å². The number of likely N-dealkylation sites (tertiary alicyclic amines) is 1. The SMILES string of the molecule is COc1ccc(N2CC=C[C@@]34O[C@H]5/C=C\CCC(=O)OC[C@H](c6ccccc6)NC(=O)[C@H]5[C@@H]3C(=O)N(CCCCCO)[C@H]4C2=O)cc1. The predicted octanol–water partition coefficient (Wildman–Crippen LogP) is 3.09. The molecule has 248 valence electrons. The Kier molecular flexibility index (Phi) is 9.74. The minimum Gasteiger partial charge on any atom is -0.497 e. The lowest BCUT2D eigenvalue weighted by Crippen LogP contribution is -2.55. The highest BCUT2D eigenvalue weighted by Crippen LogP contribution is 2.53. The van der Waals surface area contributed by atoms with Gasteiger partial charge in [0, 0.05) is 31.8 Å². The Balaban J connectivity index is 1.40. The molecule has 0 radical (unpaired) electrons. The second-order valence-electron chi connectivity index (χ2n) is 12.3. The first-order chi connectivity index (χ1) is 22.9. The molecule has 0 aromatic heterocycles. The van der Waals surface area contributed by atoms with E-state index in [1.54, 1.807) is 53.3 Å². The minimum absolute atomic E-state index is 0.0358. The summed E-state index contributed by atoms with van der Waals surface area (Å²) in [6.07, 6.45) is 8.69. The van der Waals surface area contributed by atoms with Crippen LogP contribution >= 0.6 is 0 Å². The molecule has 2 fully saturated rings. The Hall–Kier alpha value is -4.48. The molecule has 2 aromatic rings. The quantitative estimate of drug-likeness (QED) is 0.255. The Morgan fingerprint density at radius 3 is 2.51 bits per heavy atom. The molecule has 6 atom stereocenters. The van der Waals surface area contributed by atoms with Crippen LogP contribution in [0.2, 0.25) is 0 Å². The first-order valence-electron chi connectivity index (χ1n) is 16.3. The number of rotatable bonds is 8. The van der Waals surface area contributed by atoms with Gasteiger partial charge in [-0.3, -0.25) is 19.2 Å². The molecule has 0 aliphatic carbocycles. The van der Waals surface area contributed by atoms with E-state index in [1.807, 2.05) is 42.5 Å². The standard InChI is InChI=1S/C36H41N3O8/c1-45-26-17-15-25(16-18-26)38-21-10-19-36-31(34(43)39(32(36)35(38)44)20-8-3-9-22-40)30-28(47-36)13-6-7-14-29(41)46-23-27(37-33(30)42)24-11-4-2-5-12-24/h2,4-6,10-13,15-19,27-28,30-32,40H,3,7-9,14,20-23H2,1H3,(H,37,42)/b13-6-/t27-,28+,30-,31-,32+,36-/m1/s1. The van der Waals surface area contributed by atoms with Crippen molar-refractivity contribution in [1.82, 2.24) is 10.2 Å². The van der Waals surface area contributed by atoms with Gasteiger partial charge in [0.1, 0.15) is 24.0 Å². The van der Waals surface area contributed by atoms with Gasteiger partial charge in [-0.25, -0.2) is 0 Å². The summed E-state index contributed by atoms with van der Waals surface area (Å²) in [6, 6.07) is 14.7. The molecule has 4 aliphatic heterocycles. The van der Waals surface area contributed by atoms with Gasteiger partial charge in [0.2, 0.25) is 11.8 Å². The first-order valence-corrected chi connectivity index (χ1v) is 16.3. The fourth-order valence-electron chi connectivity index (χ4n) is 7.24. The number of allylic oxidation sites excluding steroid dienone is 1. The van der Waals surface area contributed by atoms with Gasteiger partial charge in [-0.2, -0.15) is 0 Å². The molecule has 2 saturated heterocycles. The number of hydrogen-bond acceptors (Lipinski definition) is 8. The molecule has 11 nitrogen and oxygen atoms in total. The molecule has 47 heavy (non-hydrogen) atoms. The Morgan fingerprint density at radius 1 is 0.979 bits per heavy atom. The van der Waals surface area contributed by atoms with Gasteiger partial charge >= 0.3 is 5.97 Å². The van der Waals surface area contributed by atoms with Gasteiger partial charge in [-0.1, -0.05) is 54.6 Å². The maximum atomic E-state index is 14.6. The number of carbonyl (C=O) groups excluding carboxylic acids is 4. The van der Waals surface area contributed by atoms with Crippen LogP contribution in [0.1, 0.15) is 43.7 Å². The van der Waals surface area contributed by atoms with Crippen molar-refractivity contribution in [3.8, 4) is 5.75 Å². The van der Waals surface area contributed by atoms with Gasteiger partial charge in [0.15, 0.2) is 0 Å². The average molecular weight is 644 g/mol. The van der Waals surface area contributed by atoms with Crippen molar-refractivity contribution in [2.45, 2.75) is 55.9 Å². The summed E-state index contributed by atoms with van der Waals surface area (Å²) in [4.78, 5) is 59.2. The number of unbranched alkanes of at least 4 members (excludes halogenated alkanes) is 2. The van der Waals surface area contributed by atoms with Crippen molar-refractivity contribution in [3.05, 3.63) is 84.5 Å². The van der Waals surface area contributed by atoms with Crippen molar-refractivity contribution in [1.29, 1.82) is 0 Å². The lowest BCUT2D eigenvalue weighted by Gasteiger charge is -2.35. The number of amides is 3. The second-order valence-corrected chi connectivity index (χ2v) is 12.3. The first kappa shape index (κ1) is 32.5. The summed E-state index contributed by atoms with van der Waals surface area (Å²) < 4.78 is 17.6. The molecule has 0 bridgehead atoms. The molecule has 4 aliphatic rings. The van der Waals surface area contributed by atoms with E-state index in [1.165, 1.54) is 0 Å². The highest BCUT2D eigenvalue weighted by Gasteiger charge is 2.71. The van der Waals surface area contributed by atoms with E-state index in [2.05, 4.69) is 5.32 Å². The number of nitrogens with zero attached hydrogens (tertiary/aromatic N) is 2. The van der Waals surface area contributed by atoms with Crippen LogP contribution in [0, 0.1) is 11.8 Å². The summed E-state index contributed by atoms with van der Waals surface area (Å²) in [7, 11) is 1.57. The third kappa shape index (κ3) is 6.29. The number of aliphatic hydroxyl groups excluding tert-OH is 1. The van der Waals surface area contributed by atoms with E-state index in [-0.39, 0.29) is 50.5 Å². The minimum atomic E-state index is -1.40. The summed E-state index contributed by atoms with van der Waals surface area (Å²) in [5, 5.41) is 12.4. The zero-order chi connectivity index (χ0) is 33.0. The molecule has 4 heterocycles. The van der Waals surface area contributed by atoms with Gasteiger partial charge in [0.05, 0.1) is 31.1 Å². The Bertz CT molecular complexity index is 1530. The number of methoxy groups -OCH3 is 1. The summed E-state index contributed by atoms with van der Waals surface area (Å²) >= 11 is 0. The lowest BCUT2D eigenvalue weighted by molar-refractivity contribution is -0.146. The zero-order valence-electron chi connectivity index (χ0n) is 26.5. The van der Waals surface area contributed by atoms with Crippen LogP contribution in [0.5, 0.6) is 5.75 Å². The van der Waals surface area contributed by atoms with E-state index < -0.39 is 41.5 Å². The van der Waals surface area contributed by atoms with Crippen LogP contribution in [-0.2, 0) is 28.7 Å². The van der Waals surface area contributed by atoms with Crippen molar-refractivity contribution in [2.24, 2.45) is 11.8 Å². The van der Waals surface area contributed by atoms with E-state index in [9.17, 15) is 24.3 Å². The van der Waals surface area contributed by atoms with Crippen molar-refractivity contribution < 1.29 is 38.5 Å². The monoisotopic (exact) mass is 643 g/mol. The lowest BCUT2D eigenvalue weighted by atomic mass is 9.77. The third-order valence-corrected chi connectivity index (χ3v) is 9.51. The van der Waals surface area contributed by atoms with Gasteiger partial charge < -0.3 is 34.4 Å². The predicted molar refractivity (Wildman–Crippen MR) is 172 cm³/mol. The van der Waals surface area contributed by atoms with Crippen molar-refractivity contribution >= 4 is 29.4 Å². The number of aliphatic hydroxyl groups is 1. The maximum Gasteiger partial charge on any atom is 0.306 e. The van der Waals surface area contributed by atoms with E-state index in [0.717, 1.165) is 5.56 Å². The molecule has 1 spiro atoms. The topological polar surface area (TPSA) is 135 Å². The van der Waals surface area contributed by atoms with Crippen LogP contribution in [-0.4, -0.2) is 84.9 Å². The number of ether oxygens (including phenoxy) is 3. The Morgan fingerprint density at radius 2 is 1.77 bits per heavy atom. The molecule has 0 saturated carbocycles. The molecule has 2 N–H and O–H groups in total. The summed E-state index contributed by atoms with van der Waals surface area (Å²) in [6.45, 7) is 0.501. The number of fused-ring (bicyclic) bond motifs is 2. The highest BCUT2D eigenvalue weighted by molar-refractivity contribution is 6.05. The molecule has 3 amide bonds. The van der Waals surface area contributed by atoms with Crippen LogP contribution in [0.3, 0.4) is 0 Å². The smallest absolute Gasteiger partial charge is 0.306 e. The molecular formula is C36H41N3O8. The number of benzene rings is 2. The maximum absolute atomic E-state index is 14.6. The van der Waals surface area contributed by atoms with E-state index >= 15 is 0 Å². The fraction of sp³-hybridized carbons (Fsp3) is 0.444. The number of hydrogen-bond donors (Lipinski definition) is 2. The molecule has 11 heteroatoms. The van der Waals surface area contributed by atoms with Crippen molar-refractivity contribution in [2.75, 3.05) is 38.3 Å². The zero-order valence-corrected chi connectivity index (χ0v) is 26.5. The summed E-state index contributed by atoms with van der Waals surface area (Å²) in [5.41, 5.74) is -0.00338. The third-order valence-electron chi connectivity index (χ3n) is 9.51. The largest absolute Gasteiger partial charge is 0.497 e. The number of esters is 1. The van der Waals surface area contributed by atoms with Gasteiger partial charge in [-0.05, 0) is 55.5 Å². The highest BCUT2D eigenvalue weighted by atomic mass is 16.5. The van der Waals surface area contributed by atoms with Crippen LogP contribution in [0.25, 0.3) is 0 Å². The number of nitrogens with one attached hydrogen (secondary N) is 1. The molecular weight excluding hydrogens is 602 g/mol. The Labute approximate surface area is 274 Å². The number of carbonyl (C=O) groups is 4. The summed E-state index contributed by atoms with van der Waals surface area (Å²) in [5.74, 6) is -2.70. The normalized spacial score (nSPS) is 29.9. The number of cyclic esters (lactones) is 1. The van der Waals surface area contributed by atoms with Crippen molar-refractivity contribution in [3.63, 3.8) is 0 Å². The van der Waals surface area contributed by atoms with Gasteiger partial charge in [0.25, 0.3) is 5.91 Å². The number of anilines is 1. The van der Waals surface area contributed by atoms with Gasteiger partial charge in [-0.15, -0.1) is 0 Å². The van der Waals surface area contributed by atoms with E-state index in [0.29, 0.717) is 37.1 Å². The molecule has 2 aromatic carbocycles. The average Bonchev–Trinajstić information content (AvgIpc) is 3.47. The van der Waals surface area contributed by atoms with E-state index in [4.69, 9.17) is 14.2 Å². The second kappa shape index (κ2) is 14.1. The molecule has 6 rings (SSSR count). The van der Waals surface area contributed by atoms with Crippen LogP contribution in [0.4, 0.5) is 5.69 Å². The van der Waals surface area contributed by atoms with Crippen LogP contribution < -0.4 is 15.0 Å².